The van der Waals surface area contributed by atoms with Crippen LogP contribution in [-0.4, -0.2) is 19.6 Å². The molecular formula is C18H19FN2O3. The van der Waals surface area contributed by atoms with Gasteiger partial charge in [0, 0.05) is 11.8 Å². The Morgan fingerprint density at radius 3 is 2.71 bits per heavy atom. The van der Waals surface area contributed by atoms with Crippen molar-refractivity contribution < 1.29 is 18.7 Å². The number of carbonyl (C=O) groups excluding carboxylic acids is 1. The lowest BCUT2D eigenvalue weighted by molar-refractivity contribution is -0.111. The Balaban J connectivity index is 2.06. The van der Waals surface area contributed by atoms with Gasteiger partial charge in [-0.05, 0) is 48.9 Å². The van der Waals surface area contributed by atoms with Gasteiger partial charge in [-0.3, -0.25) is 4.79 Å². The van der Waals surface area contributed by atoms with Gasteiger partial charge < -0.3 is 20.5 Å². The third-order valence-corrected chi connectivity index (χ3v) is 3.18. The summed E-state index contributed by atoms with van der Waals surface area (Å²) in [4.78, 5) is 11.9. The van der Waals surface area contributed by atoms with Gasteiger partial charge in [0.1, 0.15) is 5.82 Å². The summed E-state index contributed by atoms with van der Waals surface area (Å²) in [6.45, 7) is 2.42. The Labute approximate surface area is 139 Å². The first kappa shape index (κ1) is 17.3. The number of nitrogens with two attached hydrogens (primary N) is 1. The van der Waals surface area contributed by atoms with Gasteiger partial charge in [-0.1, -0.05) is 6.07 Å². The van der Waals surface area contributed by atoms with Crippen LogP contribution in [-0.2, 0) is 4.79 Å². The fourth-order valence-electron chi connectivity index (χ4n) is 2.02. The standard InChI is InChI=1S/C18H19FN2O3/c1-3-24-16-8-4-12(10-17(16)23-2)5-9-18(22)21-13-6-7-15(20)14(19)11-13/h4-11H,3,20H2,1-2H3,(H,21,22)/b9-5+. The van der Waals surface area contributed by atoms with Crippen LogP contribution in [0.1, 0.15) is 12.5 Å². The van der Waals surface area contributed by atoms with Crippen molar-refractivity contribution >= 4 is 23.4 Å². The Kier molecular flexibility index (Phi) is 5.78. The van der Waals surface area contributed by atoms with Crippen molar-refractivity contribution in [3.63, 3.8) is 0 Å². The summed E-state index contributed by atoms with van der Waals surface area (Å²) in [6.07, 6.45) is 2.98. The molecule has 0 unspecified atom stereocenters. The van der Waals surface area contributed by atoms with Crippen LogP contribution in [0.15, 0.2) is 42.5 Å². The first-order valence-corrected chi connectivity index (χ1v) is 7.38. The van der Waals surface area contributed by atoms with E-state index in [1.165, 1.54) is 24.3 Å². The highest BCUT2D eigenvalue weighted by Crippen LogP contribution is 2.28. The molecule has 0 heterocycles. The van der Waals surface area contributed by atoms with Crippen LogP contribution in [0.2, 0.25) is 0 Å². The van der Waals surface area contributed by atoms with E-state index < -0.39 is 5.82 Å². The van der Waals surface area contributed by atoms with Crippen molar-refractivity contribution in [2.75, 3.05) is 24.8 Å². The van der Waals surface area contributed by atoms with Crippen LogP contribution < -0.4 is 20.5 Å². The second-order valence-corrected chi connectivity index (χ2v) is 4.90. The van der Waals surface area contributed by atoms with Gasteiger partial charge in [0.2, 0.25) is 5.91 Å². The molecule has 0 aromatic heterocycles. The Bertz CT molecular complexity index is 760. The number of hydrogen-bond acceptors (Lipinski definition) is 4. The van der Waals surface area contributed by atoms with Gasteiger partial charge in [0.15, 0.2) is 11.5 Å². The SMILES string of the molecule is CCOc1ccc(/C=C/C(=O)Nc2ccc(N)c(F)c2)cc1OC. The summed E-state index contributed by atoms with van der Waals surface area (Å²) in [6, 6.07) is 9.43. The third kappa shape index (κ3) is 4.49. The summed E-state index contributed by atoms with van der Waals surface area (Å²) in [7, 11) is 1.55. The highest BCUT2D eigenvalue weighted by atomic mass is 19.1. The van der Waals surface area contributed by atoms with Crippen LogP contribution in [0.5, 0.6) is 11.5 Å². The van der Waals surface area contributed by atoms with Crippen LogP contribution in [0.4, 0.5) is 15.8 Å². The lowest BCUT2D eigenvalue weighted by Crippen LogP contribution is -2.08. The van der Waals surface area contributed by atoms with Crippen LogP contribution >= 0.6 is 0 Å². The molecule has 0 aliphatic carbocycles. The molecule has 0 spiro atoms. The summed E-state index contributed by atoms with van der Waals surface area (Å²) >= 11 is 0. The largest absolute Gasteiger partial charge is 0.493 e. The first-order valence-electron chi connectivity index (χ1n) is 7.38. The van der Waals surface area contributed by atoms with Crippen molar-refractivity contribution in [1.29, 1.82) is 0 Å². The average molecular weight is 330 g/mol. The van der Waals surface area contributed by atoms with Crippen molar-refractivity contribution in [3.05, 3.63) is 53.9 Å². The molecule has 0 bridgehead atoms. The number of ether oxygens (including phenoxy) is 2. The molecule has 2 aromatic rings. The molecule has 24 heavy (non-hydrogen) atoms. The predicted octanol–water partition coefficient (Wildman–Crippen LogP) is 3.47. The fourth-order valence-corrected chi connectivity index (χ4v) is 2.02. The zero-order valence-electron chi connectivity index (χ0n) is 13.5. The monoisotopic (exact) mass is 330 g/mol. The minimum Gasteiger partial charge on any atom is -0.493 e. The number of methoxy groups -OCH3 is 1. The second-order valence-electron chi connectivity index (χ2n) is 4.90. The minimum atomic E-state index is -0.576. The van der Waals surface area contributed by atoms with Gasteiger partial charge in [-0.2, -0.15) is 0 Å². The molecular weight excluding hydrogens is 311 g/mol. The van der Waals surface area contributed by atoms with Gasteiger partial charge in [-0.15, -0.1) is 0 Å². The van der Waals surface area contributed by atoms with E-state index in [9.17, 15) is 9.18 Å². The Morgan fingerprint density at radius 1 is 1.25 bits per heavy atom. The van der Waals surface area contributed by atoms with E-state index in [1.807, 2.05) is 6.92 Å². The van der Waals surface area contributed by atoms with Gasteiger partial charge in [0.05, 0.1) is 19.4 Å². The molecule has 0 fully saturated rings. The molecule has 5 nitrogen and oxygen atoms in total. The predicted molar refractivity (Wildman–Crippen MR) is 92.6 cm³/mol. The highest BCUT2D eigenvalue weighted by molar-refractivity contribution is 6.02. The number of amides is 1. The highest BCUT2D eigenvalue weighted by Gasteiger charge is 2.05. The Hall–Kier alpha value is -3.02. The molecule has 6 heteroatoms. The van der Waals surface area contributed by atoms with E-state index in [0.717, 1.165) is 5.56 Å². The second kappa shape index (κ2) is 8.01. The lowest BCUT2D eigenvalue weighted by Gasteiger charge is -2.09. The number of halogens is 1. The molecule has 1 amide bonds. The maximum absolute atomic E-state index is 13.3. The fraction of sp³-hybridized carbons (Fsp3) is 0.167. The van der Waals surface area contributed by atoms with Crippen LogP contribution in [0.3, 0.4) is 0 Å². The summed E-state index contributed by atoms with van der Waals surface area (Å²) in [5.74, 6) is 0.263. The number of nitrogen functional groups attached to an aromatic ring is 1. The smallest absolute Gasteiger partial charge is 0.248 e. The molecule has 0 saturated carbocycles. The average Bonchev–Trinajstić information content (AvgIpc) is 2.57. The summed E-state index contributed by atoms with van der Waals surface area (Å²) < 4.78 is 24.0. The maximum atomic E-state index is 13.3. The number of hydrogen-bond donors (Lipinski definition) is 2. The normalized spacial score (nSPS) is 10.6. The molecule has 2 aromatic carbocycles. The number of carbonyl (C=O) groups is 1. The first-order chi connectivity index (χ1) is 11.5. The lowest BCUT2D eigenvalue weighted by atomic mass is 10.2. The van der Waals surface area contributed by atoms with E-state index in [2.05, 4.69) is 5.32 Å². The molecule has 0 saturated heterocycles. The van der Waals surface area contributed by atoms with Gasteiger partial charge in [0.25, 0.3) is 0 Å². The van der Waals surface area contributed by atoms with Crippen molar-refractivity contribution in [3.8, 4) is 11.5 Å². The number of rotatable bonds is 6. The Morgan fingerprint density at radius 2 is 2.04 bits per heavy atom. The van der Waals surface area contributed by atoms with Crippen molar-refractivity contribution in [1.82, 2.24) is 0 Å². The van der Waals surface area contributed by atoms with E-state index in [4.69, 9.17) is 15.2 Å². The minimum absolute atomic E-state index is 0.0324. The molecule has 2 rings (SSSR count). The van der Waals surface area contributed by atoms with Crippen molar-refractivity contribution in [2.45, 2.75) is 6.92 Å². The van der Waals surface area contributed by atoms with Crippen LogP contribution in [0.25, 0.3) is 6.08 Å². The van der Waals surface area contributed by atoms with Gasteiger partial charge in [-0.25, -0.2) is 4.39 Å². The molecule has 126 valence electrons. The van der Waals surface area contributed by atoms with E-state index in [0.29, 0.717) is 23.8 Å². The molecule has 0 aliphatic heterocycles. The van der Waals surface area contributed by atoms with E-state index in [1.54, 1.807) is 31.4 Å². The third-order valence-electron chi connectivity index (χ3n) is 3.18. The number of anilines is 2. The number of nitrogens with one attached hydrogen (secondary N) is 1. The topological polar surface area (TPSA) is 73.6 Å². The van der Waals surface area contributed by atoms with Crippen LogP contribution in [0, 0.1) is 5.82 Å². The summed E-state index contributed by atoms with van der Waals surface area (Å²) in [5.41, 5.74) is 6.53. The summed E-state index contributed by atoms with van der Waals surface area (Å²) in [5, 5.41) is 2.56. The zero-order valence-corrected chi connectivity index (χ0v) is 13.5. The quantitative estimate of drug-likeness (QED) is 0.628. The molecule has 0 aliphatic rings. The molecule has 3 N–H and O–H groups in total. The number of benzene rings is 2. The molecule has 0 radical (unpaired) electrons. The zero-order chi connectivity index (χ0) is 17.5. The van der Waals surface area contributed by atoms with E-state index >= 15 is 0 Å². The van der Waals surface area contributed by atoms with E-state index in [-0.39, 0.29) is 11.6 Å². The van der Waals surface area contributed by atoms with Crippen molar-refractivity contribution in [2.24, 2.45) is 0 Å². The maximum Gasteiger partial charge on any atom is 0.248 e. The van der Waals surface area contributed by atoms with Gasteiger partial charge >= 0.3 is 0 Å². The molecule has 0 atom stereocenters.